The number of phenols is 1. The van der Waals surface area contributed by atoms with Gasteiger partial charge in [-0.3, -0.25) is 4.79 Å². The van der Waals surface area contributed by atoms with E-state index in [0.29, 0.717) is 16.5 Å². The maximum atomic E-state index is 12.4. The summed E-state index contributed by atoms with van der Waals surface area (Å²) in [5.41, 5.74) is 0.737. The van der Waals surface area contributed by atoms with Crippen LogP contribution in [0.4, 0.5) is 5.69 Å². The molecule has 3 rings (SSSR count). The summed E-state index contributed by atoms with van der Waals surface area (Å²) in [5, 5.41) is 15.0. The first-order valence-electron chi connectivity index (χ1n) is 6.95. The van der Waals surface area contributed by atoms with Gasteiger partial charge in [0.25, 0.3) is 5.91 Å². The summed E-state index contributed by atoms with van der Waals surface area (Å²) in [7, 11) is 1.50. The summed E-state index contributed by atoms with van der Waals surface area (Å²) >= 11 is 5.96. The van der Waals surface area contributed by atoms with Crippen LogP contribution in [0.5, 0.6) is 11.5 Å². The second-order valence-corrected chi connectivity index (χ2v) is 5.43. The second kappa shape index (κ2) is 6.18. The molecular formula is C18H14ClNO3. The van der Waals surface area contributed by atoms with Crippen LogP contribution in [-0.2, 0) is 0 Å². The summed E-state index contributed by atoms with van der Waals surface area (Å²) in [4.78, 5) is 12.4. The zero-order valence-corrected chi connectivity index (χ0v) is 13.1. The summed E-state index contributed by atoms with van der Waals surface area (Å²) in [6.07, 6.45) is 0. The molecule has 0 aliphatic carbocycles. The number of hydrogen-bond donors (Lipinski definition) is 2. The van der Waals surface area contributed by atoms with Crippen molar-refractivity contribution in [1.82, 2.24) is 0 Å². The molecule has 0 radical (unpaired) electrons. The van der Waals surface area contributed by atoms with Gasteiger partial charge in [0.15, 0.2) is 0 Å². The molecule has 0 aromatic heterocycles. The minimum atomic E-state index is -0.405. The highest BCUT2D eigenvalue weighted by Crippen LogP contribution is 2.29. The Morgan fingerprint density at radius 2 is 1.78 bits per heavy atom. The van der Waals surface area contributed by atoms with Crippen LogP contribution in [0.25, 0.3) is 10.8 Å². The number of methoxy groups -OCH3 is 1. The predicted molar refractivity (Wildman–Crippen MR) is 91.6 cm³/mol. The number of nitrogens with one attached hydrogen (secondary N) is 1. The van der Waals surface area contributed by atoms with Gasteiger partial charge in [-0.1, -0.05) is 35.9 Å². The summed E-state index contributed by atoms with van der Waals surface area (Å²) in [6.45, 7) is 0. The smallest absolute Gasteiger partial charge is 0.259 e. The van der Waals surface area contributed by atoms with Crippen LogP contribution in [0.15, 0.2) is 54.6 Å². The number of hydrogen-bond acceptors (Lipinski definition) is 3. The van der Waals surface area contributed by atoms with Gasteiger partial charge in [-0.2, -0.15) is 0 Å². The molecule has 0 bridgehead atoms. The molecule has 0 saturated heterocycles. The summed E-state index contributed by atoms with van der Waals surface area (Å²) in [5.74, 6) is -0.00745. The van der Waals surface area contributed by atoms with E-state index in [-0.39, 0.29) is 11.3 Å². The van der Waals surface area contributed by atoms with E-state index >= 15 is 0 Å². The van der Waals surface area contributed by atoms with E-state index in [2.05, 4.69) is 5.32 Å². The van der Waals surface area contributed by atoms with Gasteiger partial charge in [0.1, 0.15) is 11.5 Å². The number of anilines is 1. The van der Waals surface area contributed by atoms with Crippen LogP contribution < -0.4 is 10.1 Å². The molecule has 5 heteroatoms. The molecule has 3 aromatic rings. The molecule has 0 fully saturated rings. The lowest BCUT2D eigenvalue weighted by Crippen LogP contribution is -2.12. The van der Waals surface area contributed by atoms with E-state index < -0.39 is 5.91 Å². The summed E-state index contributed by atoms with van der Waals surface area (Å²) < 4.78 is 5.12. The van der Waals surface area contributed by atoms with Gasteiger partial charge in [-0.05, 0) is 35.0 Å². The summed E-state index contributed by atoms with van der Waals surface area (Å²) in [6, 6.07) is 15.7. The van der Waals surface area contributed by atoms with Crippen molar-refractivity contribution in [3.8, 4) is 11.5 Å². The van der Waals surface area contributed by atoms with Gasteiger partial charge in [-0.15, -0.1) is 0 Å². The average Bonchev–Trinajstić information content (AvgIpc) is 2.55. The lowest BCUT2D eigenvalue weighted by molar-refractivity contribution is 0.102. The molecule has 116 valence electrons. The molecule has 3 aromatic carbocycles. The Balaban J connectivity index is 1.93. The van der Waals surface area contributed by atoms with Crippen molar-refractivity contribution < 1.29 is 14.6 Å². The fourth-order valence-corrected chi connectivity index (χ4v) is 2.54. The molecule has 0 heterocycles. The second-order valence-electron chi connectivity index (χ2n) is 5.02. The number of ether oxygens (including phenoxy) is 1. The lowest BCUT2D eigenvalue weighted by Gasteiger charge is -2.10. The molecule has 4 nitrogen and oxygen atoms in total. The van der Waals surface area contributed by atoms with Crippen molar-refractivity contribution in [2.75, 3.05) is 12.4 Å². The standard InChI is InChI=1S/C18H14ClNO3/c1-23-17-10-13(6-7-15(17)19)20-18(22)14-8-11-4-2-3-5-12(11)9-16(14)21/h2-10,21H,1H3,(H,20,22). The maximum absolute atomic E-state index is 12.4. The molecular weight excluding hydrogens is 314 g/mol. The van der Waals surface area contributed by atoms with Crippen molar-refractivity contribution in [3.63, 3.8) is 0 Å². The number of amides is 1. The third-order valence-corrected chi connectivity index (χ3v) is 3.83. The molecule has 0 aliphatic rings. The van der Waals surface area contributed by atoms with Gasteiger partial charge in [0.05, 0.1) is 17.7 Å². The number of phenolic OH excluding ortho intramolecular Hbond substituents is 1. The van der Waals surface area contributed by atoms with E-state index in [9.17, 15) is 9.90 Å². The average molecular weight is 328 g/mol. The molecule has 0 saturated carbocycles. The zero-order chi connectivity index (χ0) is 16.4. The van der Waals surface area contributed by atoms with Crippen molar-refractivity contribution in [2.45, 2.75) is 0 Å². The highest BCUT2D eigenvalue weighted by Gasteiger charge is 2.13. The van der Waals surface area contributed by atoms with E-state index in [0.717, 1.165) is 10.8 Å². The topological polar surface area (TPSA) is 58.6 Å². The zero-order valence-electron chi connectivity index (χ0n) is 12.3. The quantitative estimate of drug-likeness (QED) is 0.746. The van der Waals surface area contributed by atoms with Gasteiger partial charge in [-0.25, -0.2) is 0 Å². The van der Waals surface area contributed by atoms with Crippen LogP contribution in [0.2, 0.25) is 5.02 Å². The Bertz CT molecular complexity index is 893. The first-order chi connectivity index (χ1) is 11.1. The Morgan fingerprint density at radius 3 is 2.48 bits per heavy atom. The van der Waals surface area contributed by atoms with Crippen LogP contribution >= 0.6 is 11.6 Å². The number of benzene rings is 3. The van der Waals surface area contributed by atoms with Crippen molar-refractivity contribution in [2.24, 2.45) is 0 Å². The highest BCUT2D eigenvalue weighted by molar-refractivity contribution is 6.32. The Morgan fingerprint density at radius 1 is 1.09 bits per heavy atom. The Kier molecular flexibility index (Phi) is 4.08. The van der Waals surface area contributed by atoms with E-state index in [4.69, 9.17) is 16.3 Å². The van der Waals surface area contributed by atoms with Gasteiger partial charge in [0.2, 0.25) is 0 Å². The molecule has 23 heavy (non-hydrogen) atoms. The Hall–Kier alpha value is -2.72. The maximum Gasteiger partial charge on any atom is 0.259 e. The number of aromatic hydroxyl groups is 1. The minimum Gasteiger partial charge on any atom is -0.507 e. The molecule has 0 aliphatic heterocycles. The van der Waals surface area contributed by atoms with Gasteiger partial charge in [0, 0.05) is 11.8 Å². The fraction of sp³-hybridized carbons (Fsp3) is 0.0556. The van der Waals surface area contributed by atoms with Crippen molar-refractivity contribution >= 4 is 34.0 Å². The predicted octanol–water partition coefficient (Wildman–Crippen LogP) is 4.46. The van der Waals surface area contributed by atoms with E-state index in [1.54, 1.807) is 30.3 Å². The number of carbonyl (C=O) groups is 1. The molecule has 0 atom stereocenters. The van der Waals surface area contributed by atoms with Crippen LogP contribution in [0.1, 0.15) is 10.4 Å². The van der Waals surface area contributed by atoms with E-state index in [1.807, 2.05) is 24.3 Å². The van der Waals surface area contributed by atoms with Crippen molar-refractivity contribution in [1.29, 1.82) is 0 Å². The molecule has 1 amide bonds. The number of carbonyl (C=O) groups excluding carboxylic acids is 1. The van der Waals surface area contributed by atoms with Crippen LogP contribution in [0.3, 0.4) is 0 Å². The minimum absolute atomic E-state index is 0.0675. The van der Waals surface area contributed by atoms with Gasteiger partial charge >= 0.3 is 0 Å². The Labute approximate surface area is 138 Å². The van der Waals surface area contributed by atoms with E-state index in [1.165, 1.54) is 7.11 Å². The third-order valence-electron chi connectivity index (χ3n) is 3.52. The molecule has 2 N–H and O–H groups in total. The normalized spacial score (nSPS) is 10.5. The number of fused-ring (bicyclic) bond motifs is 1. The number of rotatable bonds is 3. The SMILES string of the molecule is COc1cc(NC(=O)c2cc3ccccc3cc2O)ccc1Cl. The lowest BCUT2D eigenvalue weighted by atomic mass is 10.1. The van der Waals surface area contributed by atoms with Crippen LogP contribution in [0, 0.1) is 0 Å². The molecule has 0 spiro atoms. The first-order valence-corrected chi connectivity index (χ1v) is 7.33. The van der Waals surface area contributed by atoms with Crippen molar-refractivity contribution in [3.05, 3.63) is 65.2 Å². The third kappa shape index (κ3) is 3.07. The highest BCUT2D eigenvalue weighted by atomic mass is 35.5. The number of halogens is 1. The van der Waals surface area contributed by atoms with Gasteiger partial charge < -0.3 is 15.2 Å². The fourth-order valence-electron chi connectivity index (χ4n) is 2.35. The molecule has 0 unspecified atom stereocenters. The largest absolute Gasteiger partial charge is 0.507 e. The monoisotopic (exact) mass is 327 g/mol. The first kappa shape index (κ1) is 15.2. The van der Waals surface area contributed by atoms with Crippen LogP contribution in [-0.4, -0.2) is 18.1 Å².